The summed E-state index contributed by atoms with van der Waals surface area (Å²) in [5, 5.41) is 2.85. The summed E-state index contributed by atoms with van der Waals surface area (Å²) >= 11 is 7.51. The highest BCUT2D eigenvalue weighted by Gasteiger charge is 2.14. The van der Waals surface area contributed by atoms with E-state index in [1.165, 1.54) is 12.1 Å². The van der Waals surface area contributed by atoms with Crippen LogP contribution in [0.2, 0.25) is 5.02 Å². The molecule has 0 unspecified atom stereocenters. The van der Waals surface area contributed by atoms with Crippen LogP contribution in [0.1, 0.15) is 16.8 Å². The summed E-state index contributed by atoms with van der Waals surface area (Å²) in [5.74, 6) is -0.0767. The van der Waals surface area contributed by atoms with Gasteiger partial charge in [0.2, 0.25) is 11.8 Å². The Morgan fingerprint density at radius 2 is 2.16 bits per heavy atom. The lowest BCUT2D eigenvalue weighted by atomic mass is 10.2. The lowest BCUT2D eigenvalue weighted by Gasteiger charge is -2.12. The van der Waals surface area contributed by atoms with Crippen molar-refractivity contribution in [1.82, 2.24) is 0 Å². The van der Waals surface area contributed by atoms with Crippen LogP contribution in [-0.4, -0.2) is 29.9 Å². The molecule has 1 aromatic rings. The summed E-state index contributed by atoms with van der Waals surface area (Å²) in [7, 11) is 0. The van der Waals surface area contributed by atoms with E-state index in [9.17, 15) is 9.59 Å². The van der Waals surface area contributed by atoms with Crippen LogP contribution >= 0.6 is 23.4 Å². The molecular formula is C12H16ClN3O2S. The molecule has 0 saturated heterocycles. The molecule has 0 spiro atoms. The van der Waals surface area contributed by atoms with Gasteiger partial charge in [-0.25, -0.2) is 0 Å². The summed E-state index contributed by atoms with van der Waals surface area (Å²) in [5.41, 5.74) is 11.6. The van der Waals surface area contributed by atoms with Gasteiger partial charge in [-0.15, -0.1) is 0 Å². The Balaban J connectivity index is 2.70. The molecule has 0 fully saturated rings. The van der Waals surface area contributed by atoms with E-state index in [4.69, 9.17) is 23.1 Å². The van der Waals surface area contributed by atoms with Gasteiger partial charge in [-0.3, -0.25) is 9.59 Å². The highest BCUT2D eigenvalue weighted by Crippen LogP contribution is 2.20. The van der Waals surface area contributed by atoms with Gasteiger partial charge in [0.1, 0.15) is 0 Å². The van der Waals surface area contributed by atoms with Crippen LogP contribution < -0.4 is 16.8 Å². The molecule has 0 aliphatic rings. The van der Waals surface area contributed by atoms with E-state index >= 15 is 0 Å². The number of hydrogen-bond donors (Lipinski definition) is 3. The van der Waals surface area contributed by atoms with Gasteiger partial charge >= 0.3 is 0 Å². The Hall–Kier alpha value is -1.24. The number of nitrogens with one attached hydrogen (secondary N) is 1. The molecule has 1 aromatic carbocycles. The van der Waals surface area contributed by atoms with Crippen LogP contribution in [0.25, 0.3) is 0 Å². The van der Waals surface area contributed by atoms with Gasteiger partial charge in [0.25, 0.3) is 0 Å². The first-order valence-corrected chi connectivity index (χ1v) is 7.37. The van der Waals surface area contributed by atoms with Crippen LogP contribution in [0, 0.1) is 0 Å². The van der Waals surface area contributed by atoms with Gasteiger partial charge in [0.15, 0.2) is 0 Å². The second kappa shape index (κ2) is 7.37. The molecule has 0 saturated carbocycles. The summed E-state index contributed by atoms with van der Waals surface area (Å²) in [4.78, 5) is 22.8. The molecule has 5 N–H and O–H groups in total. The highest BCUT2D eigenvalue weighted by molar-refractivity contribution is 7.98. The van der Waals surface area contributed by atoms with E-state index in [0.717, 1.165) is 5.75 Å². The molecule has 2 amide bonds. The van der Waals surface area contributed by atoms with E-state index < -0.39 is 11.9 Å². The number of carbonyl (C=O) groups excluding carboxylic acids is 2. The molecule has 0 aliphatic heterocycles. The number of hydrogen-bond acceptors (Lipinski definition) is 4. The first-order valence-electron chi connectivity index (χ1n) is 5.60. The monoisotopic (exact) mass is 301 g/mol. The van der Waals surface area contributed by atoms with Crippen molar-refractivity contribution in [3.8, 4) is 0 Å². The number of anilines is 1. The van der Waals surface area contributed by atoms with Crippen molar-refractivity contribution < 1.29 is 9.59 Å². The Morgan fingerprint density at radius 3 is 2.68 bits per heavy atom. The van der Waals surface area contributed by atoms with Gasteiger partial charge in [0.05, 0.1) is 16.6 Å². The maximum absolute atomic E-state index is 11.8. The van der Waals surface area contributed by atoms with Crippen molar-refractivity contribution in [2.75, 3.05) is 17.3 Å². The maximum Gasteiger partial charge on any atom is 0.250 e. The molecule has 1 rings (SSSR count). The minimum absolute atomic E-state index is 0.197. The van der Waals surface area contributed by atoms with E-state index in [-0.39, 0.29) is 16.5 Å². The lowest BCUT2D eigenvalue weighted by molar-refractivity contribution is -0.117. The molecule has 7 heteroatoms. The number of carbonyl (C=O) groups is 2. The number of rotatable bonds is 6. The van der Waals surface area contributed by atoms with Gasteiger partial charge < -0.3 is 16.8 Å². The molecule has 0 aliphatic carbocycles. The van der Waals surface area contributed by atoms with E-state index in [1.54, 1.807) is 17.8 Å². The van der Waals surface area contributed by atoms with Crippen LogP contribution in [0.3, 0.4) is 0 Å². The fourth-order valence-corrected chi connectivity index (χ4v) is 2.17. The number of thioether (sulfide) groups is 1. The average molecular weight is 302 g/mol. The summed E-state index contributed by atoms with van der Waals surface area (Å²) in [6.45, 7) is 0. The number of primary amides is 1. The molecule has 0 heterocycles. The first kappa shape index (κ1) is 15.8. The average Bonchev–Trinajstić information content (AvgIpc) is 2.35. The van der Waals surface area contributed by atoms with Crippen molar-refractivity contribution in [3.05, 3.63) is 28.8 Å². The van der Waals surface area contributed by atoms with Crippen molar-refractivity contribution in [3.63, 3.8) is 0 Å². The molecule has 0 radical (unpaired) electrons. The maximum atomic E-state index is 11.8. The molecule has 1 atom stereocenters. The zero-order valence-electron chi connectivity index (χ0n) is 10.5. The first-order chi connectivity index (χ1) is 8.95. The number of nitrogens with two attached hydrogens (primary N) is 2. The van der Waals surface area contributed by atoms with Crippen LogP contribution in [0.15, 0.2) is 18.2 Å². The van der Waals surface area contributed by atoms with Gasteiger partial charge in [-0.05, 0) is 36.6 Å². The number of halogens is 1. The minimum Gasteiger partial charge on any atom is -0.366 e. The van der Waals surface area contributed by atoms with Crippen LogP contribution in [-0.2, 0) is 4.79 Å². The van der Waals surface area contributed by atoms with Crippen molar-refractivity contribution in [2.45, 2.75) is 12.5 Å². The van der Waals surface area contributed by atoms with Gasteiger partial charge in [-0.1, -0.05) is 11.6 Å². The third-order valence-corrected chi connectivity index (χ3v) is 3.43. The lowest BCUT2D eigenvalue weighted by Crippen LogP contribution is -2.36. The molecule has 5 nitrogen and oxygen atoms in total. The largest absolute Gasteiger partial charge is 0.366 e. The predicted octanol–water partition coefficient (Wildman–Crippen LogP) is 1.46. The smallest absolute Gasteiger partial charge is 0.250 e. The Bertz CT molecular complexity index is 482. The highest BCUT2D eigenvalue weighted by atomic mass is 35.5. The van der Waals surface area contributed by atoms with Crippen LogP contribution in [0.4, 0.5) is 5.69 Å². The second-order valence-electron chi connectivity index (χ2n) is 3.94. The Morgan fingerprint density at radius 1 is 1.47 bits per heavy atom. The SMILES string of the molecule is CSCC[C@@H](N)C(=O)Nc1ccc(C(N)=O)c(Cl)c1. The van der Waals surface area contributed by atoms with Crippen molar-refractivity contribution in [1.29, 1.82) is 0 Å². The van der Waals surface area contributed by atoms with E-state index in [1.807, 2.05) is 6.26 Å². The quantitative estimate of drug-likeness (QED) is 0.741. The molecular weight excluding hydrogens is 286 g/mol. The fraction of sp³-hybridized carbons (Fsp3) is 0.333. The Labute approximate surface area is 121 Å². The zero-order chi connectivity index (χ0) is 14.4. The second-order valence-corrected chi connectivity index (χ2v) is 5.33. The zero-order valence-corrected chi connectivity index (χ0v) is 12.1. The normalized spacial score (nSPS) is 11.9. The third-order valence-electron chi connectivity index (χ3n) is 2.47. The van der Waals surface area contributed by atoms with Crippen molar-refractivity contribution in [2.24, 2.45) is 11.5 Å². The van der Waals surface area contributed by atoms with E-state index in [0.29, 0.717) is 12.1 Å². The number of amides is 2. The molecule has 19 heavy (non-hydrogen) atoms. The minimum atomic E-state index is -0.612. The summed E-state index contributed by atoms with van der Waals surface area (Å²) in [6.07, 6.45) is 2.55. The summed E-state index contributed by atoms with van der Waals surface area (Å²) in [6, 6.07) is 3.93. The fourth-order valence-electron chi connectivity index (χ4n) is 1.40. The van der Waals surface area contributed by atoms with E-state index in [2.05, 4.69) is 5.32 Å². The molecule has 0 aromatic heterocycles. The summed E-state index contributed by atoms with van der Waals surface area (Å²) < 4.78 is 0. The standard InChI is InChI=1S/C12H16ClN3O2S/c1-19-5-4-10(14)12(18)16-7-2-3-8(11(15)17)9(13)6-7/h2-3,6,10H,4-5,14H2,1H3,(H2,15,17)(H,16,18)/t10-/m1/s1. The van der Waals surface area contributed by atoms with Gasteiger partial charge in [-0.2, -0.15) is 11.8 Å². The Kier molecular flexibility index (Phi) is 6.14. The molecule has 104 valence electrons. The van der Waals surface area contributed by atoms with Crippen molar-refractivity contribution >= 4 is 40.9 Å². The topological polar surface area (TPSA) is 98.2 Å². The predicted molar refractivity (Wildman–Crippen MR) is 79.6 cm³/mol. The molecule has 0 bridgehead atoms. The number of benzene rings is 1. The third kappa shape index (κ3) is 4.74. The van der Waals surface area contributed by atoms with Crippen LogP contribution in [0.5, 0.6) is 0 Å². The van der Waals surface area contributed by atoms with Gasteiger partial charge in [0, 0.05) is 5.69 Å².